The first-order chi connectivity index (χ1) is 7.22. The normalized spacial score (nSPS) is 28.6. The summed E-state index contributed by atoms with van der Waals surface area (Å²) in [4.78, 5) is 14.1. The second-order valence-electron chi connectivity index (χ2n) is 5.20. The van der Waals surface area contributed by atoms with Crippen LogP contribution in [0.3, 0.4) is 0 Å². The van der Waals surface area contributed by atoms with Gasteiger partial charge in [-0.1, -0.05) is 6.42 Å². The molecule has 0 unspecified atom stereocenters. The molecule has 16 heavy (non-hydrogen) atoms. The van der Waals surface area contributed by atoms with Gasteiger partial charge in [0.25, 0.3) is 0 Å². The van der Waals surface area contributed by atoms with Crippen molar-refractivity contribution in [2.75, 3.05) is 20.1 Å². The van der Waals surface area contributed by atoms with Gasteiger partial charge in [-0.3, -0.25) is 4.79 Å². The zero-order chi connectivity index (χ0) is 10.8. The number of amides is 1. The fourth-order valence-electron chi connectivity index (χ4n) is 2.70. The topological polar surface area (TPSA) is 46.3 Å². The molecule has 0 radical (unpaired) electrons. The summed E-state index contributed by atoms with van der Waals surface area (Å²) in [7, 11) is 1.95. The molecule has 1 amide bonds. The van der Waals surface area contributed by atoms with Crippen LogP contribution in [-0.4, -0.2) is 30.9 Å². The molecular weight excluding hydrogens is 224 g/mol. The van der Waals surface area contributed by atoms with E-state index < -0.39 is 0 Å². The molecule has 3 nitrogen and oxygen atoms in total. The third-order valence-electron chi connectivity index (χ3n) is 3.88. The van der Waals surface area contributed by atoms with Crippen LogP contribution in [0.1, 0.15) is 32.1 Å². The summed E-state index contributed by atoms with van der Waals surface area (Å²) in [6.45, 7) is 1.64. The molecule has 2 aliphatic carbocycles. The van der Waals surface area contributed by atoms with Gasteiger partial charge in [0, 0.05) is 19.5 Å². The van der Waals surface area contributed by atoms with Crippen LogP contribution >= 0.6 is 12.4 Å². The number of hydrogen-bond acceptors (Lipinski definition) is 2. The Balaban J connectivity index is 0.00000128. The fraction of sp³-hybridized carbons (Fsp3) is 0.917. The minimum absolute atomic E-state index is 0. The van der Waals surface area contributed by atoms with Crippen molar-refractivity contribution in [3.05, 3.63) is 0 Å². The highest BCUT2D eigenvalue weighted by atomic mass is 35.5. The number of rotatable bonds is 4. The zero-order valence-electron chi connectivity index (χ0n) is 10.0. The second-order valence-corrected chi connectivity index (χ2v) is 5.20. The smallest absolute Gasteiger partial charge is 0.225 e. The Morgan fingerprint density at radius 2 is 2.00 bits per heavy atom. The van der Waals surface area contributed by atoms with Crippen LogP contribution in [0, 0.1) is 17.8 Å². The number of carbonyl (C=O) groups is 1. The van der Waals surface area contributed by atoms with Gasteiger partial charge in [-0.2, -0.15) is 0 Å². The van der Waals surface area contributed by atoms with E-state index in [1.54, 1.807) is 0 Å². The summed E-state index contributed by atoms with van der Waals surface area (Å²) < 4.78 is 0. The molecule has 2 aliphatic rings. The van der Waals surface area contributed by atoms with Crippen LogP contribution in [-0.2, 0) is 4.79 Å². The molecular formula is C12H23ClN2O. The Hall–Kier alpha value is -0.280. The lowest BCUT2D eigenvalue weighted by Gasteiger charge is -2.24. The molecule has 0 bridgehead atoms. The van der Waals surface area contributed by atoms with Crippen molar-refractivity contribution in [2.45, 2.75) is 32.1 Å². The highest BCUT2D eigenvalue weighted by molar-refractivity contribution is 5.85. The molecule has 0 saturated heterocycles. The number of nitrogens with two attached hydrogens (primary N) is 1. The molecule has 2 fully saturated rings. The molecule has 0 aromatic carbocycles. The maximum absolute atomic E-state index is 12.1. The van der Waals surface area contributed by atoms with Gasteiger partial charge in [-0.15, -0.1) is 12.4 Å². The summed E-state index contributed by atoms with van der Waals surface area (Å²) in [5.74, 6) is 1.80. The van der Waals surface area contributed by atoms with E-state index in [1.807, 2.05) is 11.9 Å². The van der Waals surface area contributed by atoms with Crippen LogP contribution in [0.5, 0.6) is 0 Å². The largest absolute Gasteiger partial charge is 0.345 e. The number of carbonyl (C=O) groups excluding carboxylic acids is 1. The van der Waals surface area contributed by atoms with Crippen molar-refractivity contribution < 1.29 is 4.79 Å². The molecule has 0 heterocycles. The van der Waals surface area contributed by atoms with Crippen molar-refractivity contribution >= 4 is 18.3 Å². The molecule has 4 heteroatoms. The first kappa shape index (κ1) is 13.8. The molecule has 94 valence electrons. The van der Waals surface area contributed by atoms with Crippen molar-refractivity contribution in [3.8, 4) is 0 Å². The summed E-state index contributed by atoms with van der Waals surface area (Å²) >= 11 is 0. The lowest BCUT2D eigenvalue weighted by molar-refractivity contribution is -0.135. The van der Waals surface area contributed by atoms with Gasteiger partial charge in [0.15, 0.2) is 0 Å². The van der Waals surface area contributed by atoms with E-state index >= 15 is 0 Å². The average molecular weight is 247 g/mol. The van der Waals surface area contributed by atoms with Crippen molar-refractivity contribution in [1.82, 2.24) is 4.90 Å². The zero-order valence-corrected chi connectivity index (χ0v) is 10.8. The monoisotopic (exact) mass is 246 g/mol. The molecule has 0 aliphatic heterocycles. The summed E-state index contributed by atoms with van der Waals surface area (Å²) in [5.41, 5.74) is 5.71. The Bertz CT molecular complexity index is 243. The highest BCUT2D eigenvalue weighted by Gasteiger charge is 2.35. The quantitative estimate of drug-likeness (QED) is 0.820. The number of hydrogen-bond donors (Lipinski definition) is 1. The van der Waals surface area contributed by atoms with E-state index in [0.717, 1.165) is 25.3 Å². The SMILES string of the molecule is CN(CC1CC1)C(=O)[C@@H]1CCC[C@@H]1CN.Cl. The average Bonchev–Trinajstić information content (AvgIpc) is 2.92. The van der Waals surface area contributed by atoms with Crippen molar-refractivity contribution in [2.24, 2.45) is 23.5 Å². The summed E-state index contributed by atoms with van der Waals surface area (Å²) in [5, 5.41) is 0. The fourth-order valence-corrected chi connectivity index (χ4v) is 2.70. The molecule has 0 spiro atoms. The van der Waals surface area contributed by atoms with Crippen LogP contribution in [0.4, 0.5) is 0 Å². The van der Waals surface area contributed by atoms with Gasteiger partial charge >= 0.3 is 0 Å². The Morgan fingerprint density at radius 1 is 1.31 bits per heavy atom. The van der Waals surface area contributed by atoms with E-state index in [1.165, 1.54) is 19.3 Å². The predicted molar refractivity (Wildman–Crippen MR) is 67.5 cm³/mol. The van der Waals surface area contributed by atoms with Gasteiger partial charge in [0.2, 0.25) is 5.91 Å². The van der Waals surface area contributed by atoms with Crippen molar-refractivity contribution in [1.29, 1.82) is 0 Å². The minimum Gasteiger partial charge on any atom is -0.345 e. The van der Waals surface area contributed by atoms with Crippen LogP contribution < -0.4 is 5.73 Å². The Kier molecular flexibility index (Phi) is 5.06. The maximum Gasteiger partial charge on any atom is 0.225 e. The Morgan fingerprint density at radius 3 is 2.56 bits per heavy atom. The van der Waals surface area contributed by atoms with Gasteiger partial charge in [-0.05, 0) is 44.1 Å². The molecule has 0 aromatic heterocycles. The molecule has 2 saturated carbocycles. The lowest BCUT2D eigenvalue weighted by Crippen LogP contribution is -2.37. The lowest BCUT2D eigenvalue weighted by atomic mass is 9.95. The summed E-state index contributed by atoms with van der Waals surface area (Å²) in [6.07, 6.45) is 5.99. The van der Waals surface area contributed by atoms with Crippen LogP contribution in [0.15, 0.2) is 0 Å². The molecule has 0 aromatic rings. The Labute approximate surface area is 104 Å². The van der Waals surface area contributed by atoms with Crippen LogP contribution in [0.2, 0.25) is 0 Å². The number of nitrogens with zero attached hydrogens (tertiary/aromatic N) is 1. The molecule has 2 rings (SSSR count). The van der Waals surface area contributed by atoms with E-state index in [4.69, 9.17) is 5.73 Å². The predicted octanol–water partition coefficient (Wildman–Crippen LogP) is 1.65. The second kappa shape index (κ2) is 5.87. The highest BCUT2D eigenvalue weighted by Crippen LogP contribution is 2.34. The maximum atomic E-state index is 12.1. The minimum atomic E-state index is 0. The van der Waals surface area contributed by atoms with Gasteiger partial charge < -0.3 is 10.6 Å². The first-order valence-electron chi connectivity index (χ1n) is 6.17. The van der Waals surface area contributed by atoms with Gasteiger partial charge in [-0.25, -0.2) is 0 Å². The van der Waals surface area contributed by atoms with E-state index in [0.29, 0.717) is 18.4 Å². The van der Waals surface area contributed by atoms with E-state index in [2.05, 4.69) is 0 Å². The standard InChI is InChI=1S/C12H22N2O.ClH/c1-14(8-9-5-6-9)12(15)11-4-2-3-10(11)7-13;/h9-11H,2-8,13H2,1H3;1H/t10-,11-;/m1./s1. The summed E-state index contributed by atoms with van der Waals surface area (Å²) in [6, 6.07) is 0. The van der Waals surface area contributed by atoms with Gasteiger partial charge in [0.1, 0.15) is 0 Å². The van der Waals surface area contributed by atoms with E-state index in [-0.39, 0.29) is 18.3 Å². The van der Waals surface area contributed by atoms with E-state index in [9.17, 15) is 4.79 Å². The number of halogens is 1. The third kappa shape index (κ3) is 3.11. The molecule has 2 N–H and O–H groups in total. The molecule has 2 atom stereocenters. The van der Waals surface area contributed by atoms with Crippen molar-refractivity contribution in [3.63, 3.8) is 0 Å². The van der Waals surface area contributed by atoms with Gasteiger partial charge in [0.05, 0.1) is 0 Å². The van der Waals surface area contributed by atoms with Crippen LogP contribution in [0.25, 0.3) is 0 Å². The first-order valence-corrected chi connectivity index (χ1v) is 6.17. The third-order valence-corrected chi connectivity index (χ3v) is 3.88.